The minimum Gasteiger partial charge on any atom is -0.508 e. The van der Waals surface area contributed by atoms with Crippen molar-refractivity contribution in [2.45, 2.75) is 13.3 Å². The molecule has 2 N–H and O–H groups in total. The molecule has 0 aliphatic carbocycles. The number of halogens is 2. The third-order valence-electron chi connectivity index (χ3n) is 3.52. The molecule has 7 heteroatoms. The second kappa shape index (κ2) is 7.41. The van der Waals surface area contributed by atoms with Crippen LogP contribution in [0.5, 0.6) is 17.2 Å². The summed E-state index contributed by atoms with van der Waals surface area (Å²) >= 11 is 7.00. The van der Waals surface area contributed by atoms with E-state index >= 15 is 0 Å². The van der Waals surface area contributed by atoms with Crippen LogP contribution in [0.25, 0.3) is 0 Å². The monoisotopic (exact) mass is 464 g/mol. The van der Waals surface area contributed by atoms with E-state index in [1.807, 2.05) is 19.1 Å². The van der Waals surface area contributed by atoms with Crippen LogP contribution in [-0.4, -0.2) is 15.3 Å². The molecule has 0 unspecified atom stereocenters. The van der Waals surface area contributed by atoms with Gasteiger partial charge in [0.1, 0.15) is 11.5 Å². The van der Waals surface area contributed by atoms with Gasteiger partial charge in [-0.15, -0.1) is 0 Å². The number of nitrogens with one attached hydrogen (secondary N) is 1. The summed E-state index contributed by atoms with van der Waals surface area (Å²) in [5.41, 5.74) is 2.13. The van der Waals surface area contributed by atoms with Gasteiger partial charge in [0.25, 0.3) is 5.56 Å². The summed E-state index contributed by atoms with van der Waals surface area (Å²) in [7, 11) is 0. The van der Waals surface area contributed by atoms with Crippen molar-refractivity contribution in [3.8, 4) is 17.2 Å². The molecular formula is C18H14Br2N2O3. The summed E-state index contributed by atoms with van der Waals surface area (Å²) in [6, 6.07) is 12.0. The van der Waals surface area contributed by atoms with Gasteiger partial charge in [0.05, 0.1) is 14.6 Å². The van der Waals surface area contributed by atoms with E-state index in [0.29, 0.717) is 29.2 Å². The van der Waals surface area contributed by atoms with Crippen LogP contribution < -0.4 is 10.3 Å². The lowest BCUT2D eigenvalue weighted by atomic mass is 10.1. The minimum absolute atomic E-state index is 0.141. The maximum Gasteiger partial charge on any atom is 0.264 e. The second-order valence-electron chi connectivity index (χ2n) is 5.54. The van der Waals surface area contributed by atoms with Crippen molar-refractivity contribution in [2.24, 2.45) is 0 Å². The van der Waals surface area contributed by atoms with Crippen LogP contribution in [0.15, 0.2) is 56.2 Å². The van der Waals surface area contributed by atoms with Gasteiger partial charge in [0, 0.05) is 18.1 Å². The van der Waals surface area contributed by atoms with Gasteiger partial charge in [0.15, 0.2) is 5.75 Å². The molecule has 0 atom stereocenters. The quantitative estimate of drug-likeness (QED) is 0.585. The number of H-pyrrole nitrogens is 1. The number of rotatable bonds is 4. The summed E-state index contributed by atoms with van der Waals surface area (Å²) in [6.45, 7) is 2.00. The molecule has 0 saturated heterocycles. The number of phenols is 1. The Morgan fingerprint density at radius 1 is 1.12 bits per heavy atom. The number of ether oxygens (including phenoxy) is 1. The van der Waals surface area contributed by atoms with E-state index in [4.69, 9.17) is 4.74 Å². The van der Waals surface area contributed by atoms with Crippen molar-refractivity contribution < 1.29 is 9.84 Å². The summed E-state index contributed by atoms with van der Waals surface area (Å²) in [5.74, 6) is 1.38. The van der Waals surface area contributed by atoms with Crippen molar-refractivity contribution in [1.29, 1.82) is 0 Å². The van der Waals surface area contributed by atoms with Gasteiger partial charge in [-0.05, 0) is 80.7 Å². The fourth-order valence-corrected chi connectivity index (χ4v) is 3.91. The van der Waals surface area contributed by atoms with Crippen molar-refractivity contribution in [3.05, 3.63) is 78.6 Å². The Bertz CT molecular complexity index is 943. The van der Waals surface area contributed by atoms with E-state index in [-0.39, 0.29) is 11.3 Å². The van der Waals surface area contributed by atoms with Gasteiger partial charge in [-0.3, -0.25) is 4.79 Å². The molecule has 0 aliphatic rings. The van der Waals surface area contributed by atoms with Crippen molar-refractivity contribution >= 4 is 31.9 Å². The average molecular weight is 466 g/mol. The number of aromatic nitrogens is 2. The maximum atomic E-state index is 11.1. The second-order valence-corrected chi connectivity index (χ2v) is 7.25. The van der Waals surface area contributed by atoms with Gasteiger partial charge < -0.3 is 9.84 Å². The molecule has 0 saturated carbocycles. The number of hydrogen-bond acceptors (Lipinski definition) is 4. The van der Waals surface area contributed by atoms with Gasteiger partial charge >= 0.3 is 0 Å². The third kappa shape index (κ3) is 4.29. The molecule has 128 valence electrons. The van der Waals surface area contributed by atoms with E-state index in [0.717, 1.165) is 14.5 Å². The van der Waals surface area contributed by atoms with E-state index in [1.54, 1.807) is 24.3 Å². The van der Waals surface area contributed by atoms with Gasteiger partial charge in [-0.25, -0.2) is 5.10 Å². The lowest BCUT2D eigenvalue weighted by Crippen LogP contribution is -2.07. The molecule has 3 aromatic rings. The van der Waals surface area contributed by atoms with Gasteiger partial charge in [-0.1, -0.05) is 0 Å². The molecule has 0 bridgehead atoms. The fourth-order valence-electron chi connectivity index (χ4n) is 2.34. The van der Waals surface area contributed by atoms with Crippen LogP contribution in [0.2, 0.25) is 0 Å². The minimum atomic E-state index is -0.265. The zero-order valence-corrected chi connectivity index (χ0v) is 16.4. The van der Waals surface area contributed by atoms with E-state index in [1.165, 1.54) is 6.07 Å². The topological polar surface area (TPSA) is 75.2 Å². The standard InChI is InChI=1S/C18H14Br2N2O3/c1-10-6-14(19)18(15(20)7-10)25-13-3-4-16(23)11(9-13)8-12-2-5-17(24)22-21-12/h2-7,9,23H,8H2,1H3,(H,22,24). The van der Waals surface area contributed by atoms with Crippen molar-refractivity contribution in [1.82, 2.24) is 10.2 Å². The average Bonchev–Trinajstić information content (AvgIpc) is 2.56. The zero-order chi connectivity index (χ0) is 18.0. The Labute approximate surface area is 160 Å². The lowest BCUT2D eigenvalue weighted by Gasteiger charge is -2.12. The first-order chi connectivity index (χ1) is 11.9. The summed E-state index contributed by atoms with van der Waals surface area (Å²) in [6.07, 6.45) is 0.371. The maximum absolute atomic E-state index is 11.1. The Balaban J connectivity index is 1.89. The molecule has 3 rings (SSSR count). The molecule has 5 nitrogen and oxygen atoms in total. The molecule has 0 radical (unpaired) electrons. The van der Waals surface area contributed by atoms with Crippen LogP contribution in [-0.2, 0) is 6.42 Å². The number of nitrogens with zero attached hydrogens (tertiary/aromatic N) is 1. The highest BCUT2D eigenvalue weighted by atomic mass is 79.9. The molecule has 0 aliphatic heterocycles. The predicted molar refractivity (Wildman–Crippen MR) is 102 cm³/mol. The van der Waals surface area contributed by atoms with Crippen molar-refractivity contribution in [2.75, 3.05) is 0 Å². The van der Waals surface area contributed by atoms with Gasteiger partial charge in [-0.2, -0.15) is 5.10 Å². The molecule has 25 heavy (non-hydrogen) atoms. The number of aryl methyl sites for hydroxylation is 1. The fraction of sp³-hybridized carbons (Fsp3) is 0.111. The van der Waals surface area contributed by atoms with E-state index in [2.05, 4.69) is 42.1 Å². The highest BCUT2D eigenvalue weighted by Crippen LogP contribution is 2.38. The smallest absolute Gasteiger partial charge is 0.264 e. The number of hydrogen-bond donors (Lipinski definition) is 2. The summed E-state index contributed by atoms with van der Waals surface area (Å²) in [5, 5.41) is 16.4. The number of aromatic hydroxyl groups is 1. The molecular weight excluding hydrogens is 452 g/mol. The summed E-state index contributed by atoms with van der Waals surface area (Å²) in [4.78, 5) is 11.1. The first kappa shape index (κ1) is 17.7. The molecule has 0 amide bonds. The van der Waals surface area contributed by atoms with Crippen LogP contribution in [0, 0.1) is 6.92 Å². The molecule has 1 heterocycles. The van der Waals surface area contributed by atoms with E-state index in [9.17, 15) is 9.90 Å². The summed E-state index contributed by atoms with van der Waals surface area (Å²) < 4.78 is 7.62. The Morgan fingerprint density at radius 2 is 1.84 bits per heavy atom. The molecule has 0 fully saturated rings. The largest absolute Gasteiger partial charge is 0.508 e. The molecule has 1 aromatic heterocycles. The van der Waals surface area contributed by atoms with Crippen LogP contribution in [0.3, 0.4) is 0 Å². The first-order valence-electron chi connectivity index (χ1n) is 7.42. The molecule has 0 spiro atoms. The van der Waals surface area contributed by atoms with Crippen LogP contribution in [0.4, 0.5) is 0 Å². The lowest BCUT2D eigenvalue weighted by molar-refractivity contribution is 0.456. The highest BCUT2D eigenvalue weighted by molar-refractivity contribution is 9.11. The first-order valence-corrected chi connectivity index (χ1v) is 9.01. The van der Waals surface area contributed by atoms with E-state index < -0.39 is 0 Å². The Hall–Kier alpha value is -2.12. The SMILES string of the molecule is Cc1cc(Br)c(Oc2ccc(O)c(Cc3ccc(=O)[nH]n3)c2)c(Br)c1. The number of benzene rings is 2. The number of aromatic amines is 1. The normalized spacial score (nSPS) is 10.7. The number of phenolic OH excluding ortho intramolecular Hbond substituents is 1. The van der Waals surface area contributed by atoms with Gasteiger partial charge in [0.2, 0.25) is 0 Å². The Kier molecular flexibility index (Phi) is 5.24. The predicted octanol–water partition coefficient (Wildman–Crippen LogP) is 4.69. The van der Waals surface area contributed by atoms with Crippen molar-refractivity contribution in [3.63, 3.8) is 0 Å². The molecule has 2 aromatic carbocycles. The third-order valence-corrected chi connectivity index (χ3v) is 4.70. The highest BCUT2D eigenvalue weighted by Gasteiger charge is 2.11. The Morgan fingerprint density at radius 3 is 2.48 bits per heavy atom. The van der Waals surface area contributed by atoms with Crippen LogP contribution in [0.1, 0.15) is 16.8 Å². The zero-order valence-electron chi connectivity index (χ0n) is 13.2. The van der Waals surface area contributed by atoms with Crippen LogP contribution >= 0.6 is 31.9 Å².